The van der Waals surface area contributed by atoms with Crippen LogP contribution >= 0.6 is 11.6 Å². The van der Waals surface area contributed by atoms with Crippen LogP contribution in [0.3, 0.4) is 0 Å². The lowest BCUT2D eigenvalue weighted by atomic mass is 9.86. The van der Waals surface area contributed by atoms with E-state index in [0.29, 0.717) is 10.7 Å². The molecule has 2 fully saturated rings. The van der Waals surface area contributed by atoms with E-state index >= 15 is 0 Å². The molecule has 0 radical (unpaired) electrons. The lowest BCUT2D eigenvalue weighted by Gasteiger charge is -2.22. The molecule has 0 saturated carbocycles. The molecule has 2 aliphatic rings. The third-order valence-corrected chi connectivity index (χ3v) is 5.59. The summed E-state index contributed by atoms with van der Waals surface area (Å²) < 4.78 is 0. The first kappa shape index (κ1) is 18.5. The van der Waals surface area contributed by atoms with Gasteiger partial charge in [-0.15, -0.1) is 0 Å². The van der Waals surface area contributed by atoms with Gasteiger partial charge >= 0.3 is 5.97 Å². The highest BCUT2D eigenvalue weighted by atomic mass is 35.5. The molecular weight excluding hydrogens is 384 g/mol. The van der Waals surface area contributed by atoms with Crippen molar-refractivity contribution in [3.8, 4) is 5.75 Å². The van der Waals surface area contributed by atoms with Crippen molar-refractivity contribution in [1.29, 1.82) is 0 Å². The molecule has 2 heterocycles. The van der Waals surface area contributed by atoms with Gasteiger partial charge in [0.1, 0.15) is 11.8 Å². The molecule has 2 aromatic carbocycles. The number of carbonyl (C=O) groups is 3. The first-order valence-corrected chi connectivity index (χ1v) is 9.09. The Hall–Kier alpha value is -2.90. The molecular formula is C20H17ClN2O5. The fourth-order valence-electron chi connectivity index (χ4n) is 4.05. The van der Waals surface area contributed by atoms with Crippen LogP contribution in [0.4, 0.5) is 5.69 Å². The molecule has 7 nitrogen and oxygen atoms in total. The summed E-state index contributed by atoms with van der Waals surface area (Å²) in [5.41, 5.74) is 1.65. The molecule has 144 valence electrons. The van der Waals surface area contributed by atoms with E-state index in [0.717, 1.165) is 10.5 Å². The monoisotopic (exact) mass is 400 g/mol. The van der Waals surface area contributed by atoms with Crippen molar-refractivity contribution in [1.82, 2.24) is 5.32 Å². The van der Waals surface area contributed by atoms with Gasteiger partial charge in [-0.25, -0.2) is 4.90 Å². The number of halogens is 1. The Balaban J connectivity index is 1.80. The average molecular weight is 401 g/mol. The molecule has 8 heteroatoms. The van der Waals surface area contributed by atoms with Crippen LogP contribution in [-0.4, -0.2) is 34.0 Å². The average Bonchev–Trinajstić information content (AvgIpc) is 3.16. The Morgan fingerprint density at radius 3 is 2.36 bits per heavy atom. The highest BCUT2D eigenvalue weighted by molar-refractivity contribution is 6.30. The number of nitrogens with zero attached hydrogens (tertiary/aromatic N) is 1. The van der Waals surface area contributed by atoms with Gasteiger partial charge in [-0.3, -0.25) is 19.7 Å². The minimum atomic E-state index is -1.25. The number of phenolic OH excluding ortho intramolecular Hbond substituents is 1. The third-order valence-electron chi connectivity index (χ3n) is 5.36. The molecule has 2 aromatic rings. The van der Waals surface area contributed by atoms with Crippen LogP contribution in [0.5, 0.6) is 5.75 Å². The van der Waals surface area contributed by atoms with Crippen LogP contribution in [0.15, 0.2) is 42.5 Å². The van der Waals surface area contributed by atoms with Crippen LogP contribution in [0, 0.1) is 18.8 Å². The summed E-state index contributed by atoms with van der Waals surface area (Å²) in [5.74, 6) is -4.46. The summed E-state index contributed by atoms with van der Waals surface area (Å²) in [6.07, 6.45) is 0. The molecule has 3 N–H and O–H groups in total. The number of phenols is 1. The minimum Gasteiger partial charge on any atom is -0.508 e. The van der Waals surface area contributed by atoms with E-state index in [1.54, 1.807) is 24.3 Å². The van der Waals surface area contributed by atoms with Crippen molar-refractivity contribution in [3.63, 3.8) is 0 Å². The number of anilines is 1. The highest BCUT2D eigenvalue weighted by Crippen LogP contribution is 2.47. The van der Waals surface area contributed by atoms with Crippen molar-refractivity contribution in [3.05, 3.63) is 58.6 Å². The largest absolute Gasteiger partial charge is 0.508 e. The summed E-state index contributed by atoms with van der Waals surface area (Å²) >= 11 is 6.02. The number of amides is 2. The number of rotatable bonds is 3. The molecule has 0 aromatic heterocycles. The Bertz CT molecular complexity index is 991. The molecule has 4 rings (SSSR count). The zero-order valence-electron chi connectivity index (χ0n) is 14.8. The number of hydrogen-bond acceptors (Lipinski definition) is 5. The lowest BCUT2D eigenvalue weighted by Crippen LogP contribution is -2.43. The van der Waals surface area contributed by atoms with Crippen molar-refractivity contribution < 1.29 is 24.6 Å². The number of hydrogen-bond donors (Lipinski definition) is 3. The molecule has 0 aliphatic carbocycles. The number of nitrogens with one attached hydrogen (secondary N) is 1. The maximum absolute atomic E-state index is 13.2. The zero-order valence-corrected chi connectivity index (χ0v) is 15.6. The van der Waals surface area contributed by atoms with E-state index in [4.69, 9.17) is 11.6 Å². The lowest BCUT2D eigenvalue weighted by molar-refractivity contribution is -0.142. The fourth-order valence-corrected chi connectivity index (χ4v) is 4.23. The van der Waals surface area contributed by atoms with E-state index in [2.05, 4.69) is 5.32 Å². The van der Waals surface area contributed by atoms with Crippen molar-refractivity contribution in [2.45, 2.75) is 19.0 Å². The molecule has 2 amide bonds. The molecule has 0 unspecified atom stereocenters. The van der Waals surface area contributed by atoms with Crippen molar-refractivity contribution in [2.24, 2.45) is 11.8 Å². The smallest absolute Gasteiger partial charge is 0.321 e. The van der Waals surface area contributed by atoms with E-state index in [9.17, 15) is 24.6 Å². The van der Waals surface area contributed by atoms with Gasteiger partial charge in [-0.2, -0.15) is 0 Å². The van der Waals surface area contributed by atoms with E-state index in [1.807, 2.05) is 6.92 Å². The number of benzene rings is 2. The molecule has 0 spiro atoms. The Kier molecular flexibility index (Phi) is 4.36. The van der Waals surface area contributed by atoms with E-state index in [-0.39, 0.29) is 11.3 Å². The quantitative estimate of drug-likeness (QED) is 0.682. The van der Waals surface area contributed by atoms with Gasteiger partial charge in [0.15, 0.2) is 0 Å². The first-order valence-electron chi connectivity index (χ1n) is 8.71. The highest BCUT2D eigenvalue weighted by Gasteiger charge is 2.61. The minimum absolute atomic E-state index is 0.124. The predicted octanol–water partition coefficient (Wildman–Crippen LogP) is 2.26. The summed E-state index contributed by atoms with van der Waals surface area (Å²) in [7, 11) is 0. The third kappa shape index (κ3) is 2.75. The van der Waals surface area contributed by atoms with E-state index in [1.165, 1.54) is 18.2 Å². The van der Waals surface area contributed by atoms with E-state index < -0.39 is 41.7 Å². The first-order chi connectivity index (χ1) is 13.3. The Morgan fingerprint density at radius 2 is 1.71 bits per heavy atom. The van der Waals surface area contributed by atoms with Gasteiger partial charge in [-0.1, -0.05) is 29.3 Å². The van der Waals surface area contributed by atoms with Crippen molar-refractivity contribution >= 4 is 35.1 Å². The standard InChI is InChI=1S/C20H17ClN2O5/c1-9-2-5-11(6-3-9)23-18(25)14-15(19(23)26)17(20(27)28)22-16(14)12-8-10(21)4-7-13(12)24/h2-8,14-17,22,24H,1H3,(H,27,28)/t14-,15-,16-,17+/m0/s1. The molecule has 2 aliphatic heterocycles. The molecule has 28 heavy (non-hydrogen) atoms. The van der Waals surface area contributed by atoms with Gasteiger partial charge in [0.25, 0.3) is 0 Å². The SMILES string of the molecule is Cc1ccc(N2C(=O)[C@H]3[C@H](C2=O)[C@H](c2cc(Cl)ccc2O)N[C@H]3C(=O)O)cc1. The van der Waals surface area contributed by atoms with Gasteiger partial charge in [-0.05, 0) is 37.3 Å². The predicted molar refractivity (Wildman–Crippen MR) is 101 cm³/mol. The van der Waals surface area contributed by atoms with Gasteiger partial charge in [0.05, 0.1) is 17.5 Å². The van der Waals surface area contributed by atoms with Gasteiger partial charge in [0, 0.05) is 16.6 Å². The number of imide groups is 1. The number of aryl methyl sites for hydroxylation is 1. The molecule has 4 atom stereocenters. The number of aromatic hydroxyl groups is 1. The second kappa shape index (κ2) is 6.61. The summed E-state index contributed by atoms with van der Waals surface area (Å²) in [6, 6.07) is 9.10. The summed E-state index contributed by atoms with van der Waals surface area (Å²) in [5, 5.41) is 23.0. The van der Waals surface area contributed by atoms with Crippen LogP contribution in [0.25, 0.3) is 0 Å². The summed E-state index contributed by atoms with van der Waals surface area (Å²) in [4.78, 5) is 39.0. The zero-order chi connectivity index (χ0) is 20.2. The maximum Gasteiger partial charge on any atom is 0.321 e. The number of carbonyl (C=O) groups excluding carboxylic acids is 2. The van der Waals surface area contributed by atoms with Gasteiger partial charge < -0.3 is 10.2 Å². The van der Waals surface area contributed by atoms with Gasteiger partial charge in [0.2, 0.25) is 11.8 Å². The van der Waals surface area contributed by atoms with Crippen LogP contribution in [0.1, 0.15) is 17.2 Å². The number of fused-ring (bicyclic) bond motifs is 1. The maximum atomic E-state index is 13.2. The fraction of sp³-hybridized carbons (Fsp3) is 0.250. The molecule has 0 bridgehead atoms. The second-order valence-electron chi connectivity index (χ2n) is 7.06. The van der Waals surface area contributed by atoms with Crippen LogP contribution in [0.2, 0.25) is 5.02 Å². The number of carboxylic acids is 1. The Labute approximate surface area is 165 Å². The van der Waals surface area contributed by atoms with Crippen molar-refractivity contribution in [2.75, 3.05) is 4.90 Å². The van der Waals surface area contributed by atoms with Crippen LogP contribution in [-0.2, 0) is 14.4 Å². The second-order valence-corrected chi connectivity index (χ2v) is 7.50. The molecule has 2 saturated heterocycles. The number of carboxylic acid groups (broad SMARTS) is 1. The summed E-state index contributed by atoms with van der Waals surface area (Å²) in [6.45, 7) is 1.88. The topological polar surface area (TPSA) is 107 Å². The normalized spacial score (nSPS) is 26.6. The Morgan fingerprint density at radius 1 is 1.07 bits per heavy atom. The number of aliphatic carboxylic acids is 1. The van der Waals surface area contributed by atoms with Crippen LogP contribution < -0.4 is 10.2 Å².